The molecule has 86 valence electrons. The van der Waals surface area contributed by atoms with E-state index >= 15 is 0 Å². The molecule has 1 amide bonds. The van der Waals surface area contributed by atoms with Crippen LogP contribution in [0.5, 0.6) is 0 Å². The van der Waals surface area contributed by atoms with Crippen molar-refractivity contribution >= 4 is 5.91 Å². The number of halogens is 2. The van der Waals surface area contributed by atoms with E-state index in [1.807, 2.05) is 6.07 Å². The van der Waals surface area contributed by atoms with Crippen LogP contribution < -0.4 is 5.32 Å². The summed E-state index contributed by atoms with van der Waals surface area (Å²) in [6, 6.07) is 1.83. The molecule has 0 radical (unpaired) electrons. The number of amides is 1. The second-order valence-electron chi connectivity index (χ2n) is 3.46. The van der Waals surface area contributed by atoms with Gasteiger partial charge in [0, 0.05) is 6.54 Å². The lowest BCUT2D eigenvalue weighted by Gasteiger charge is -2.14. The fraction of sp³-hybridized carbons (Fsp3) is 0.778. The van der Waals surface area contributed by atoms with Crippen molar-refractivity contribution in [2.45, 2.75) is 20.3 Å². The third-order valence-corrected chi connectivity index (χ3v) is 1.62. The van der Waals surface area contributed by atoms with Crippen molar-refractivity contribution in [3.63, 3.8) is 0 Å². The normalized spacial score (nSPS) is 11.2. The lowest BCUT2D eigenvalue weighted by atomic mass is 9.95. The van der Waals surface area contributed by atoms with Crippen LogP contribution in [0.3, 0.4) is 0 Å². The molecule has 0 atom stereocenters. The number of alkyl halides is 2. The maximum absolute atomic E-state index is 11.6. The van der Waals surface area contributed by atoms with E-state index in [1.165, 1.54) is 13.8 Å². The Morgan fingerprint density at radius 1 is 1.60 bits per heavy atom. The zero-order valence-corrected chi connectivity index (χ0v) is 8.72. The molecule has 0 aromatic heterocycles. The van der Waals surface area contributed by atoms with Gasteiger partial charge in [0.15, 0.2) is 0 Å². The monoisotopic (exact) mass is 220 g/mol. The number of hydrogen-bond donors (Lipinski definition) is 1. The van der Waals surface area contributed by atoms with Crippen LogP contribution >= 0.6 is 0 Å². The highest BCUT2D eigenvalue weighted by Crippen LogP contribution is 2.12. The number of ether oxygens (including phenoxy) is 1. The van der Waals surface area contributed by atoms with Crippen LogP contribution in [0.2, 0.25) is 0 Å². The van der Waals surface area contributed by atoms with E-state index in [9.17, 15) is 13.6 Å². The van der Waals surface area contributed by atoms with Crippen molar-refractivity contribution in [3.8, 4) is 6.07 Å². The maximum atomic E-state index is 11.6. The lowest BCUT2D eigenvalue weighted by Crippen LogP contribution is -2.37. The summed E-state index contributed by atoms with van der Waals surface area (Å²) in [7, 11) is 0. The molecule has 0 fully saturated rings. The molecule has 0 spiro atoms. The van der Waals surface area contributed by atoms with Gasteiger partial charge in [-0.1, -0.05) is 0 Å². The molecule has 0 saturated heterocycles. The van der Waals surface area contributed by atoms with Crippen LogP contribution in [0.4, 0.5) is 8.78 Å². The van der Waals surface area contributed by atoms with E-state index in [1.54, 1.807) is 0 Å². The zero-order valence-electron chi connectivity index (χ0n) is 8.72. The van der Waals surface area contributed by atoms with Crippen LogP contribution in [-0.4, -0.2) is 32.1 Å². The minimum Gasteiger partial charge on any atom is -0.374 e. The first-order chi connectivity index (χ1) is 6.90. The smallest absolute Gasteiger partial charge is 0.261 e. The van der Waals surface area contributed by atoms with Gasteiger partial charge in [0.25, 0.3) is 6.43 Å². The van der Waals surface area contributed by atoms with Crippen molar-refractivity contribution in [2.24, 2.45) is 5.41 Å². The molecule has 6 heteroatoms. The van der Waals surface area contributed by atoms with Crippen molar-refractivity contribution in [3.05, 3.63) is 0 Å². The maximum Gasteiger partial charge on any atom is 0.261 e. The van der Waals surface area contributed by atoms with E-state index in [4.69, 9.17) is 5.26 Å². The molecule has 0 bridgehead atoms. The number of hydrogen-bond acceptors (Lipinski definition) is 3. The minimum absolute atomic E-state index is 0.0115. The average molecular weight is 220 g/mol. The van der Waals surface area contributed by atoms with Crippen LogP contribution in [-0.2, 0) is 9.53 Å². The molecule has 0 rings (SSSR count). The number of carbonyl (C=O) groups is 1. The molecule has 0 heterocycles. The molecule has 1 N–H and O–H groups in total. The Morgan fingerprint density at radius 2 is 2.20 bits per heavy atom. The van der Waals surface area contributed by atoms with Crippen LogP contribution in [0.15, 0.2) is 0 Å². The van der Waals surface area contributed by atoms with E-state index in [0.29, 0.717) is 0 Å². The Hall–Kier alpha value is -1.22. The van der Waals surface area contributed by atoms with Gasteiger partial charge in [-0.3, -0.25) is 4.79 Å². The average Bonchev–Trinajstić information content (AvgIpc) is 2.16. The third kappa shape index (κ3) is 5.96. The fourth-order valence-electron chi connectivity index (χ4n) is 0.681. The molecule has 0 unspecified atom stereocenters. The third-order valence-electron chi connectivity index (χ3n) is 1.62. The molecule has 4 nitrogen and oxygen atoms in total. The van der Waals surface area contributed by atoms with Crippen molar-refractivity contribution in [1.82, 2.24) is 5.32 Å². The Bertz CT molecular complexity index is 249. The first-order valence-corrected chi connectivity index (χ1v) is 4.45. The first kappa shape index (κ1) is 13.8. The summed E-state index contributed by atoms with van der Waals surface area (Å²) in [5.41, 5.74) is -1.11. The van der Waals surface area contributed by atoms with Gasteiger partial charge in [0.1, 0.15) is 12.0 Å². The molecule has 0 saturated carbocycles. The Balaban J connectivity index is 3.62. The highest BCUT2D eigenvalue weighted by Gasteiger charge is 2.26. The Labute approximate surface area is 87.2 Å². The van der Waals surface area contributed by atoms with Crippen molar-refractivity contribution in [2.75, 3.05) is 19.8 Å². The zero-order chi connectivity index (χ0) is 11.9. The Morgan fingerprint density at radius 3 is 2.67 bits per heavy atom. The molecule has 0 aliphatic carbocycles. The molecule has 0 aromatic carbocycles. The highest BCUT2D eigenvalue weighted by atomic mass is 19.3. The SMILES string of the molecule is CC(C)(C#N)C(=O)NCCOCC(F)F. The van der Waals surface area contributed by atoms with Gasteiger partial charge in [0.05, 0.1) is 12.7 Å². The first-order valence-electron chi connectivity index (χ1n) is 4.45. The van der Waals surface area contributed by atoms with Gasteiger partial charge in [-0.15, -0.1) is 0 Å². The quantitative estimate of drug-likeness (QED) is 0.677. The largest absolute Gasteiger partial charge is 0.374 e. The Kier molecular flexibility index (Phi) is 5.79. The van der Waals surface area contributed by atoms with Crippen LogP contribution in [0.1, 0.15) is 13.8 Å². The van der Waals surface area contributed by atoms with E-state index in [-0.39, 0.29) is 13.2 Å². The molecule has 0 aromatic rings. The molecule has 15 heavy (non-hydrogen) atoms. The second kappa shape index (κ2) is 6.30. The number of nitrogens with zero attached hydrogens (tertiary/aromatic N) is 1. The van der Waals surface area contributed by atoms with Gasteiger partial charge < -0.3 is 10.1 Å². The molecule has 0 aliphatic heterocycles. The van der Waals surface area contributed by atoms with Gasteiger partial charge in [0.2, 0.25) is 5.91 Å². The van der Waals surface area contributed by atoms with Crippen molar-refractivity contribution in [1.29, 1.82) is 5.26 Å². The number of nitrogens with one attached hydrogen (secondary N) is 1. The topological polar surface area (TPSA) is 62.1 Å². The summed E-state index contributed by atoms with van der Waals surface area (Å²) < 4.78 is 27.8. The summed E-state index contributed by atoms with van der Waals surface area (Å²) in [4.78, 5) is 11.3. The summed E-state index contributed by atoms with van der Waals surface area (Å²) >= 11 is 0. The van der Waals surface area contributed by atoms with Gasteiger partial charge in [-0.25, -0.2) is 8.78 Å². The highest BCUT2D eigenvalue weighted by molar-refractivity contribution is 5.84. The van der Waals surface area contributed by atoms with E-state index in [2.05, 4.69) is 10.1 Å². The van der Waals surface area contributed by atoms with Crippen LogP contribution in [0, 0.1) is 16.7 Å². The molecular weight excluding hydrogens is 206 g/mol. The van der Waals surface area contributed by atoms with Crippen molar-refractivity contribution < 1.29 is 18.3 Å². The summed E-state index contributed by atoms with van der Waals surface area (Å²) in [6.07, 6.45) is -2.50. The van der Waals surface area contributed by atoms with Gasteiger partial charge in [-0.2, -0.15) is 5.26 Å². The number of nitriles is 1. The van der Waals surface area contributed by atoms with E-state index in [0.717, 1.165) is 0 Å². The van der Waals surface area contributed by atoms with E-state index < -0.39 is 24.4 Å². The van der Waals surface area contributed by atoms with Gasteiger partial charge >= 0.3 is 0 Å². The predicted molar refractivity (Wildman–Crippen MR) is 49.2 cm³/mol. The molecule has 0 aliphatic rings. The second-order valence-corrected chi connectivity index (χ2v) is 3.46. The summed E-state index contributed by atoms with van der Waals surface area (Å²) in [6.45, 7) is 2.44. The number of carbonyl (C=O) groups excluding carboxylic acids is 1. The minimum atomic E-state index is -2.50. The fourth-order valence-corrected chi connectivity index (χ4v) is 0.681. The van der Waals surface area contributed by atoms with Crippen LogP contribution in [0.25, 0.3) is 0 Å². The van der Waals surface area contributed by atoms with Gasteiger partial charge in [-0.05, 0) is 13.8 Å². The predicted octanol–water partition coefficient (Wildman–Crippen LogP) is 0.934. The summed E-state index contributed by atoms with van der Waals surface area (Å²) in [5, 5.41) is 11.0. The lowest BCUT2D eigenvalue weighted by molar-refractivity contribution is -0.127. The molecular formula is C9H14F2N2O2. The standard InChI is InChI=1S/C9H14F2N2O2/c1-9(2,6-12)8(14)13-3-4-15-5-7(10)11/h7H,3-5H2,1-2H3,(H,13,14). The number of rotatable bonds is 6. The summed E-state index contributed by atoms with van der Waals surface area (Å²) in [5.74, 6) is -0.439.